The molecule has 0 radical (unpaired) electrons. The maximum atomic E-state index is 13.0. The van der Waals surface area contributed by atoms with E-state index in [1.54, 1.807) is 24.3 Å². The van der Waals surface area contributed by atoms with Crippen LogP contribution in [0.4, 0.5) is 0 Å². The Morgan fingerprint density at radius 3 is 2.48 bits per heavy atom. The van der Waals surface area contributed by atoms with E-state index < -0.39 is 27.1 Å². The highest BCUT2D eigenvalue weighted by Gasteiger charge is 2.24. The number of primary sulfonamides is 1. The molecule has 9 heteroatoms. The van der Waals surface area contributed by atoms with Gasteiger partial charge < -0.3 is 14.4 Å². The van der Waals surface area contributed by atoms with Crippen molar-refractivity contribution in [2.45, 2.75) is 17.7 Å². The van der Waals surface area contributed by atoms with Crippen molar-refractivity contribution in [1.29, 1.82) is 0 Å². The number of carbonyl (C=O) groups is 1. The molecule has 0 aliphatic heterocycles. The van der Waals surface area contributed by atoms with Gasteiger partial charge in [-0.2, -0.15) is 0 Å². The summed E-state index contributed by atoms with van der Waals surface area (Å²) in [6, 6.07) is 17.0. The first-order valence-corrected chi connectivity index (χ1v) is 10.5. The summed E-state index contributed by atoms with van der Waals surface area (Å²) >= 11 is 5.99. The molecule has 1 amide bonds. The first-order valence-electron chi connectivity index (χ1n) is 8.62. The van der Waals surface area contributed by atoms with Gasteiger partial charge in [0.25, 0.3) is 15.9 Å². The predicted molar refractivity (Wildman–Crippen MR) is 108 cm³/mol. The van der Waals surface area contributed by atoms with Crippen molar-refractivity contribution < 1.29 is 22.7 Å². The zero-order valence-corrected chi connectivity index (χ0v) is 16.8. The van der Waals surface area contributed by atoms with Crippen molar-refractivity contribution in [2.75, 3.05) is 6.54 Å². The number of rotatable bonds is 7. The smallest absolute Gasteiger partial charge is 0.271 e. The lowest BCUT2D eigenvalue weighted by molar-refractivity contribution is 0.0603. The van der Waals surface area contributed by atoms with Crippen LogP contribution in [0.15, 0.2) is 76.4 Å². The monoisotopic (exact) mass is 434 g/mol. The Labute approximate surface area is 173 Å². The summed E-state index contributed by atoms with van der Waals surface area (Å²) in [6.45, 7) is 0.164. The van der Waals surface area contributed by atoms with Crippen LogP contribution < -0.4 is 5.14 Å². The molecule has 29 heavy (non-hydrogen) atoms. The van der Waals surface area contributed by atoms with Crippen molar-refractivity contribution >= 4 is 27.5 Å². The van der Waals surface area contributed by atoms with E-state index in [9.17, 15) is 18.3 Å². The molecule has 3 N–H and O–H groups in total. The van der Waals surface area contributed by atoms with E-state index in [-0.39, 0.29) is 18.7 Å². The van der Waals surface area contributed by atoms with E-state index in [1.165, 1.54) is 4.90 Å². The van der Waals surface area contributed by atoms with Crippen LogP contribution in [0.5, 0.6) is 0 Å². The van der Waals surface area contributed by atoms with Crippen LogP contribution in [0.1, 0.15) is 27.6 Å². The van der Waals surface area contributed by atoms with Gasteiger partial charge in [-0.05, 0) is 23.3 Å². The molecule has 2 aromatic carbocycles. The van der Waals surface area contributed by atoms with Gasteiger partial charge in [0.05, 0.1) is 18.2 Å². The van der Waals surface area contributed by atoms with Gasteiger partial charge in [0.1, 0.15) is 6.26 Å². The molecule has 3 aromatic rings. The summed E-state index contributed by atoms with van der Waals surface area (Å²) in [6.07, 6.45) is 0.0391. The number of hydrogen-bond donors (Lipinski definition) is 2. The number of carbonyl (C=O) groups excluding carboxylic acids is 1. The fourth-order valence-electron chi connectivity index (χ4n) is 2.81. The zero-order valence-electron chi connectivity index (χ0n) is 15.2. The number of furan rings is 1. The number of nitrogens with zero attached hydrogens (tertiary/aromatic N) is 1. The Morgan fingerprint density at radius 2 is 1.86 bits per heavy atom. The summed E-state index contributed by atoms with van der Waals surface area (Å²) < 4.78 is 27.8. The maximum absolute atomic E-state index is 13.0. The van der Waals surface area contributed by atoms with Gasteiger partial charge in [-0.15, -0.1) is 0 Å². The lowest BCUT2D eigenvalue weighted by atomic mass is 10.1. The third-order valence-corrected chi connectivity index (χ3v) is 5.24. The molecule has 1 unspecified atom stereocenters. The third-order valence-electron chi connectivity index (χ3n) is 4.23. The van der Waals surface area contributed by atoms with Crippen LogP contribution >= 0.6 is 11.6 Å². The number of benzene rings is 2. The molecule has 152 valence electrons. The average Bonchev–Trinajstić information content (AvgIpc) is 3.18. The van der Waals surface area contributed by atoms with Crippen LogP contribution in [0.2, 0.25) is 5.02 Å². The number of halogens is 1. The molecule has 7 nitrogen and oxygen atoms in total. The van der Waals surface area contributed by atoms with Gasteiger partial charge in [0.15, 0.2) is 0 Å². The minimum absolute atomic E-state index is 0.0169. The summed E-state index contributed by atoms with van der Waals surface area (Å²) in [5.41, 5.74) is 1.42. The van der Waals surface area contributed by atoms with Crippen LogP contribution in [-0.2, 0) is 16.6 Å². The number of aliphatic hydroxyl groups is 1. The molecule has 0 aliphatic rings. The molecule has 1 atom stereocenters. The predicted octanol–water partition coefficient (Wildman–Crippen LogP) is 2.96. The third kappa shape index (κ3) is 5.45. The zero-order chi connectivity index (χ0) is 21.0. The fraction of sp³-hybridized carbons (Fsp3) is 0.150. The van der Waals surface area contributed by atoms with E-state index in [1.807, 2.05) is 30.3 Å². The van der Waals surface area contributed by atoms with Crippen molar-refractivity contribution in [2.24, 2.45) is 5.14 Å². The summed E-state index contributed by atoms with van der Waals surface area (Å²) in [7, 11) is -4.07. The van der Waals surface area contributed by atoms with Crippen LogP contribution in [-0.4, -0.2) is 30.9 Å². The molecule has 1 heterocycles. The van der Waals surface area contributed by atoms with Gasteiger partial charge in [0, 0.05) is 17.6 Å². The van der Waals surface area contributed by atoms with E-state index in [4.69, 9.17) is 21.2 Å². The largest absolute Gasteiger partial charge is 0.451 e. The van der Waals surface area contributed by atoms with E-state index >= 15 is 0 Å². The van der Waals surface area contributed by atoms with Gasteiger partial charge in [-0.3, -0.25) is 4.79 Å². The molecule has 3 rings (SSSR count). The van der Waals surface area contributed by atoms with Gasteiger partial charge in [-0.25, -0.2) is 13.6 Å². The molecule has 0 spiro atoms. The number of hydrogen-bond acceptors (Lipinski definition) is 5. The number of sulfonamides is 1. The minimum atomic E-state index is -4.07. The normalized spacial score (nSPS) is 12.5. The molecular formula is C20H19ClN2O5S. The molecule has 1 aromatic heterocycles. The quantitative estimate of drug-likeness (QED) is 0.593. The van der Waals surface area contributed by atoms with Crippen molar-refractivity contribution in [1.82, 2.24) is 4.90 Å². The number of amides is 1. The summed E-state index contributed by atoms with van der Waals surface area (Å²) in [5.74, 6) is -0.506. The molecule has 0 saturated carbocycles. The second-order valence-electron chi connectivity index (χ2n) is 6.44. The Bertz CT molecular complexity index is 1100. The fourth-order valence-corrected chi connectivity index (χ4v) is 3.48. The molecular weight excluding hydrogens is 416 g/mol. The topological polar surface area (TPSA) is 114 Å². The van der Waals surface area contributed by atoms with Crippen LogP contribution in [0.25, 0.3) is 0 Å². The van der Waals surface area contributed by atoms with Crippen molar-refractivity contribution in [3.8, 4) is 0 Å². The Kier molecular flexibility index (Phi) is 6.39. The standard InChI is InChI=1S/C20H19ClN2O5S/c21-17-8-4-7-15(9-17)18(24)12-23(11-14-5-2-1-3-6-14)20(25)16-10-19(28-13-16)29(22,26)27/h1-10,13,18,24H,11-12H2,(H2,22,26,27). The first kappa shape index (κ1) is 21.1. The van der Waals surface area contributed by atoms with Crippen LogP contribution in [0.3, 0.4) is 0 Å². The van der Waals surface area contributed by atoms with E-state index in [2.05, 4.69) is 0 Å². The molecule has 0 aliphatic carbocycles. The molecule has 0 saturated heterocycles. The number of nitrogens with two attached hydrogens (primary N) is 1. The first-order chi connectivity index (χ1) is 13.7. The van der Waals surface area contributed by atoms with E-state index in [0.29, 0.717) is 10.6 Å². The number of aliphatic hydroxyl groups excluding tert-OH is 1. The lowest BCUT2D eigenvalue weighted by Crippen LogP contribution is -2.34. The molecule has 0 fully saturated rings. The highest BCUT2D eigenvalue weighted by Crippen LogP contribution is 2.22. The molecule has 0 bridgehead atoms. The van der Waals surface area contributed by atoms with Crippen molar-refractivity contribution in [3.05, 3.63) is 88.6 Å². The Morgan fingerprint density at radius 1 is 1.14 bits per heavy atom. The van der Waals surface area contributed by atoms with Crippen molar-refractivity contribution in [3.63, 3.8) is 0 Å². The van der Waals surface area contributed by atoms with Gasteiger partial charge in [0.2, 0.25) is 5.09 Å². The van der Waals surface area contributed by atoms with E-state index in [0.717, 1.165) is 17.9 Å². The SMILES string of the molecule is NS(=O)(=O)c1cc(C(=O)N(Cc2ccccc2)CC(O)c2cccc(Cl)c2)co1. The Balaban J connectivity index is 1.88. The highest BCUT2D eigenvalue weighted by atomic mass is 35.5. The summed E-state index contributed by atoms with van der Waals surface area (Å²) in [5, 5.41) is 15.6. The second-order valence-corrected chi connectivity index (χ2v) is 8.37. The average molecular weight is 435 g/mol. The lowest BCUT2D eigenvalue weighted by Gasteiger charge is -2.25. The minimum Gasteiger partial charge on any atom is -0.451 e. The Hall–Kier alpha value is -2.65. The van der Waals surface area contributed by atoms with Gasteiger partial charge in [-0.1, -0.05) is 54.1 Å². The highest BCUT2D eigenvalue weighted by molar-refractivity contribution is 7.89. The maximum Gasteiger partial charge on any atom is 0.271 e. The van der Waals surface area contributed by atoms with Gasteiger partial charge >= 0.3 is 0 Å². The summed E-state index contributed by atoms with van der Waals surface area (Å²) in [4.78, 5) is 14.4. The second kappa shape index (κ2) is 8.79. The van der Waals surface area contributed by atoms with Crippen LogP contribution in [0, 0.1) is 0 Å².